The number of anilines is 1. The number of rotatable bonds is 6. The summed E-state index contributed by atoms with van der Waals surface area (Å²) in [7, 11) is 3.27. The van der Waals surface area contributed by atoms with Crippen molar-refractivity contribution in [3.63, 3.8) is 0 Å². The number of ketones is 1. The summed E-state index contributed by atoms with van der Waals surface area (Å²) in [4.78, 5) is 41.1. The maximum absolute atomic E-state index is 13.3. The van der Waals surface area contributed by atoms with E-state index in [0.29, 0.717) is 21.9 Å². The third-order valence-electron chi connectivity index (χ3n) is 6.25. The van der Waals surface area contributed by atoms with Gasteiger partial charge in [0.2, 0.25) is 5.13 Å². The molecule has 1 unspecified atom stereocenters. The quantitative estimate of drug-likeness (QED) is 0.286. The maximum atomic E-state index is 13.3. The predicted octanol–water partition coefficient (Wildman–Crippen LogP) is 4.24. The first-order chi connectivity index (χ1) is 17.9. The van der Waals surface area contributed by atoms with Crippen LogP contribution in [0, 0.1) is 6.92 Å². The molecule has 9 nitrogen and oxygen atoms in total. The Labute approximate surface area is 225 Å². The Kier molecular flexibility index (Phi) is 7.37. The minimum Gasteiger partial charge on any atom is -0.507 e. The SMILES string of the molecule is Cc1nnc(N2C(=O)C(=O)/C(=C(/O)c3ccc(OCC(=O)N(C)C)cc3)C2c2ccc(C(C)(C)C)cc2)s1. The summed E-state index contributed by atoms with van der Waals surface area (Å²) < 4.78 is 5.50. The van der Waals surface area contributed by atoms with Crippen molar-refractivity contribution in [1.29, 1.82) is 0 Å². The molecule has 198 valence electrons. The first-order valence-corrected chi connectivity index (χ1v) is 12.8. The smallest absolute Gasteiger partial charge is 0.301 e. The highest BCUT2D eigenvalue weighted by Crippen LogP contribution is 2.43. The second-order valence-electron chi connectivity index (χ2n) is 10.2. The van der Waals surface area contributed by atoms with Crippen molar-refractivity contribution >= 4 is 39.8 Å². The Bertz CT molecular complexity index is 1400. The van der Waals surface area contributed by atoms with Crippen LogP contribution < -0.4 is 9.64 Å². The van der Waals surface area contributed by atoms with Crippen LogP contribution in [0.15, 0.2) is 54.1 Å². The molecule has 2 amide bonds. The number of carbonyl (C=O) groups is 3. The van der Waals surface area contributed by atoms with Crippen molar-refractivity contribution in [2.24, 2.45) is 0 Å². The Hall–Kier alpha value is -4.05. The van der Waals surface area contributed by atoms with Gasteiger partial charge in [-0.1, -0.05) is 56.4 Å². The van der Waals surface area contributed by atoms with E-state index in [-0.39, 0.29) is 34.4 Å². The summed E-state index contributed by atoms with van der Waals surface area (Å²) in [5.74, 6) is -1.67. The van der Waals surface area contributed by atoms with Gasteiger partial charge in [-0.05, 0) is 47.7 Å². The lowest BCUT2D eigenvalue weighted by molar-refractivity contribution is -0.132. The summed E-state index contributed by atoms with van der Waals surface area (Å²) in [5.41, 5.74) is 1.96. The first-order valence-electron chi connectivity index (χ1n) is 12.0. The van der Waals surface area contributed by atoms with Gasteiger partial charge in [0.05, 0.1) is 11.6 Å². The van der Waals surface area contributed by atoms with E-state index in [1.165, 1.54) is 21.1 Å². The molecule has 0 bridgehead atoms. The second-order valence-corrected chi connectivity index (χ2v) is 11.4. The minimum absolute atomic E-state index is 0.0391. The number of Topliss-reactive ketones (excluding diaryl/α,β-unsaturated/α-hetero) is 1. The average Bonchev–Trinajstić information content (AvgIpc) is 3.42. The summed E-state index contributed by atoms with van der Waals surface area (Å²) >= 11 is 1.20. The molecule has 4 rings (SSSR count). The zero-order valence-electron chi connectivity index (χ0n) is 22.2. The van der Waals surface area contributed by atoms with Gasteiger partial charge in [0.1, 0.15) is 16.5 Å². The molecule has 0 radical (unpaired) electrons. The number of aliphatic hydroxyl groups excluding tert-OH is 1. The van der Waals surface area contributed by atoms with Crippen molar-refractivity contribution in [2.75, 3.05) is 25.6 Å². The average molecular weight is 535 g/mol. The molecule has 1 saturated heterocycles. The van der Waals surface area contributed by atoms with Gasteiger partial charge >= 0.3 is 5.91 Å². The summed E-state index contributed by atoms with van der Waals surface area (Å²) in [5, 5.41) is 20.4. The number of likely N-dealkylation sites (N-methyl/N-ethyl adjacent to an activating group) is 1. The van der Waals surface area contributed by atoms with Gasteiger partial charge in [0.15, 0.2) is 6.61 Å². The van der Waals surface area contributed by atoms with Crippen molar-refractivity contribution in [3.05, 3.63) is 75.8 Å². The molecule has 1 fully saturated rings. The molecule has 38 heavy (non-hydrogen) atoms. The third-order valence-corrected chi connectivity index (χ3v) is 7.09. The van der Waals surface area contributed by atoms with E-state index in [1.54, 1.807) is 45.3 Å². The van der Waals surface area contributed by atoms with E-state index in [1.807, 2.05) is 24.3 Å². The monoisotopic (exact) mass is 534 g/mol. The first kappa shape index (κ1) is 27.0. The van der Waals surface area contributed by atoms with Crippen molar-refractivity contribution < 1.29 is 24.2 Å². The number of hydrogen-bond donors (Lipinski definition) is 1. The zero-order chi connectivity index (χ0) is 27.8. The lowest BCUT2D eigenvalue weighted by Gasteiger charge is -2.24. The van der Waals surface area contributed by atoms with E-state index >= 15 is 0 Å². The number of amides is 2. The lowest BCUT2D eigenvalue weighted by atomic mass is 9.85. The van der Waals surface area contributed by atoms with Crippen LogP contribution in [0.25, 0.3) is 5.76 Å². The van der Waals surface area contributed by atoms with E-state index in [9.17, 15) is 19.5 Å². The predicted molar refractivity (Wildman–Crippen MR) is 145 cm³/mol. The van der Waals surface area contributed by atoms with E-state index in [2.05, 4.69) is 31.0 Å². The fourth-order valence-corrected chi connectivity index (χ4v) is 4.75. The van der Waals surface area contributed by atoms with Gasteiger partial charge in [-0.3, -0.25) is 19.3 Å². The summed E-state index contributed by atoms with van der Waals surface area (Å²) in [6.07, 6.45) is 0. The standard InChI is InChI=1S/C28H30N4O5S/c1-16-29-30-27(38-16)32-23(17-7-11-19(12-8-17)28(2,3)4)22(25(35)26(32)36)24(34)18-9-13-20(14-10-18)37-15-21(33)31(5)6/h7-14,23,34H,15H2,1-6H3/b24-22+. The maximum Gasteiger partial charge on any atom is 0.301 e. The summed E-state index contributed by atoms with van der Waals surface area (Å²) in [6, 6.07) is 13.1. The van der Waals surface area contributed by atoms with Crippen LogP contribution in [0.3, 0.4) is 0 Å². The van der Waals surface area contributed by atoms with Crippen LogP contribution in [-0.2, 0) is 19.8 Å². The Morgan fingerprint density at radius 1 is 1.05 bits per heavy atom. The van der Waals surface area contributed by atoms with Crippen LogP contribution in [0.5, 0.6) is 5.75 Å². The Morgan fingerprint density at radius 2 is 1.68 bits per heavy atom. The molecule has 2 heterocycles. The molecule has 0 saturated carbocycles. The minimum atomic E-state index is -0.884. The molecule has 1 atom stereocenters. The Morgan fingerprint density at radius 3 is 2.21 bits per heavy atom. The molecule has 10 heteroatoms. The highest BCUT2D eigenvalue weighted by molar-refractivity contribution is 7.15. The molecular weight excluding hydrogens is 504 g/mol. The lowest BCUT2D eigenvalue weighted by Crippen LogP contribution is -2.29. The topological polar surface area (TPSA) is 113 Å². The molecule has 3 aromatic rings. The highest BCUT2D eigenvalue weighted by atomic mass is 32.1. The van der Waals surface area contributed by atoms with E-state index in [4.69, 9.17) is 4.74 Å². The van der Waals surface area contributed by atoms with Gasteiger partial charge in [0, 0.05) is 19.7 Å². The molecule has 1 N–H and O–H groups in total. The largest absolute Gasteiger partial charge is 0.507 e. The van der Waals surface area contributed by atoms with E-state index < -0.39 is 17.7 Å². The van der Waals surface area contributed by atoms with Crippen LogP contribution in [0.4, 0.5) is 5.13 Å². The van der Waals surface area contributed by atoms with Gasteiger partial charge in [-0.15, -0.1) is 10.2 Å². The van der Waals surface area contributed by atoms with Crippen LogP contribution in [-0.4, -0.2) is 58.5 Å². The normalized spacial score (nSPS) is 17.1. The van der Waals surface area contributed by atoms with Gasteiger partial charge in [0.25, 0.3) is 11.7 Å². The molecular formula is C28H30N4O5S. The molecule has 1 aliphatic heterocycles. The molecule has 0 spiro atoms. The number of aromatic nitrogens is 2. The zero-order valence-corrected chi connectivity index (χ0v) is 23.0. The highest BCUT2D eigenvalue weighted by Gasteiger charge is 2.48. The van der Waals surface area contributed by atoms with Gasteiger partial charge in [-0.2, -0.15) is 0 Å². The number of aliphatic hydroxyl groups is 1. The van der Waals surface area contributed by atoms with Gasteiger partial charge in [-0.25, -0.2) is 0 Å². The second kappa shape index (κ2) is 10.4. The fraction of sp³-hybridized carbons (Fsp3) is 0.321. The van der Waals surface area contributed by atoms with Crippen molar-refractivity contribution in [3.8, 4) is 5.75 Å². The molecule has 1 aromatic heterocycles. The van der Waals surface area contributed by atoms with Crippen LogP contribution >= 0.6 is 11.3 Å². The molecule has 2 aromatic carbocycles. The number of ether oxygens (including phenoxy) is 1. The number of benzene rings is 2. The van der Waals surface area contributed by atoms with Crippen LogP contribution in [0.2, 0.25) is 0 Å². The molecule has 1 aliphatic rings. The van der Waals surface area contributed by atoms with Crippen molar-refractivity contribution in [2.45, 2.75) is 39.2 Å². The number of aryl methyl sites for hydroxylation is 1. The fourth-order valence-electron chi connectivity index (χ4n) is 4.03. The Balaban J connectivity index is 1.76. The number of nitrogens with zero attached hydrogens (tertiary/aromatic N) is 4. The number of hydrogen-bond acceptors (Lipinski definition) is 8. The molecule has 0 aliphatic carbocycles. The summed E-state index contributed by atoms with van der Waals surface area (Å²) in [6.45, 7) is 7.93. The number of carbonyl (C=O) groups excluding carboxylic acids is 3. The van der Waals surface area contributed by atoms with Gasteiger partial charge < -0.3 is 14.7 Å². The van der Waals surface area contributed by atoms with Crippen LogP contribution in [0.1, 0.15) is 48.5 Å². The third kappa shape index (κ3) is 5.31. The van der Waals surface area contributed by atoms with Crippen molar-refractivity contribution in [1.82, 2.24) is 15.1 Å². The van der Waals surface area contributed by atoms with E-state index in [0.717, 1.165) is 5.56 Å².